The third-order valence-corrected chi connectivity index (χ3v) is 4.82. The molecule has 1 N–H and O–H groups in total. The molecule has 2 heterocycles. The Hall–Kier alpha value is -3.34. The number of imidazole rings is 1. The van der Waals surface area contributed by atoms with Crippen molar-refractivity contribution in [3.63, 3.8) is 0 Å². The highest BCUT2D eigenvalue weighted by atomic mass is 16.3. The van der Waals surface area contributed by atoms with E-state index >= 15 is 0 Å². The van der Waals surface area contributed by atoms with Crippen molar-refractivity contribution in [2.75, 3.05) is 6.54 Å². The second-order valence-electron chi connectivity index (χ2n) is 7.00. The summed E-state index contributed by atoms with van der Waals surface area (Å²) in [5.41, 5.74) is 4.70. The first-order valence-corrected chi connectivity index (χ1v) is 9.50. The van der Waals surface area contributed by atoms with Gasteiger partial charge >= 0.3 is 0 Å². The Labute approximate surface area is 164 Å². The minimum atomic E-state index is 0.0171. The molecule has 0 fully saturated rings. The van der Waals surface area contributed by atoms with Crippen LogP contribution in [0.25, 0.3) is 11.0 Å². The highest BCUT2D eigenvalue weighted by Gasteiger charge is 2.17. The predicted octanol–water partition coefficient (Wildman–Crippen LogP) is 4.74. The molecule has 5 heteroatoms. The lowest BCUT2D eigenvalue weighted by atomic mass is 10.1. The fourth-order valence-electron chi connectivity index (χ4n) is 3.43. The number of aromatic amines is 1. The van der Waals surface area contributed by atoms with E-state index < -0.39 is 0 Å². The second kappa shape index (κ2) is 8.13. The van der Waals surface area contributed by atoms with Gasteiger partial charge in [-0.15, -0.1) is 0 Å². The van der Waals surface area contributed by atoms with E-state index in [2.05, 4.69) is 22.1 Å². The number of amides is 1. The fraction of sp³-hybridized carbons (Fsp3) is 0.217. The number of nitrogens with one attached hydrogen (secondary N) is 1. The van der Waals surface area contributed by atoms with Crippen LogP contribution in [0.5, 0.6) is 0 Å². The number of hydrogen-bond donors (Lipinski definition) is 1. The van der Waals surface area contributed by atoms with Gasteiger partial charge in [0, 0.05) is 24.2 Å². The number of nitrogens with zero attached hydrogens (tertiary/aromatic N) is 2. The largest absolute Gasteiger partial charge is 0.472 e. The first-order valence-electron chi connectivity index (χ1n) is 9.50. The van der Waals surface area contributed by atoms with Gasteiger partial charge in [0.25, 0.3) is 5.91 Å². The number of aromatic nitrogens is 2. The molecular formula is C23H23N3O2. The summed E-state index contributed by atoms with van der Waals surface area (Å²) in [5, 5.41) is 0. The maximum absolute atomic E-state index is 13.2. The topological polar surface area (TPSA) is 62.1 Å². The average molecular weight is 373 g/mol. The van der Waals surface area contributed by atoms with E-state index in [-0.39, 0.29) is 5.91 Å². The summed E-state index contributed by atoms with van der Waals surface area (Å²) < 4.78 is 5.18. The first-order chi connectivity index (χ1) is 13.7. The lowest BCUT2D eigenvalue weighted by Gasteiger charge is -2.22. The van der Waals surface area contributed by atoms with Gasteiger partial charge in [-0.05, 0) is 49.6 Å². The minimum Gasteiger partial charge on any atom is -0.472 e. The standard InChI is InChI=1S/C23H23N3O2/c1-17-24-21-10-9-20(14-22(21)25-17)23(27)26(15-19-11-13-28-16-19)12-5-8-18-6-3-2-4-7-18/h2-4,6-7,9-11,13-14,16H,5,8,12,15H2,1H3,(H,24,25). The number of H-pyrrole nitrogens is 1. The molecule has 0 aliphatic rings. The van der Waals surface area contributed by atoms with Gasteiger partial charge in [-0.1, -0.05) is 30.3 Å². The molecule has 28 heavy (non-hydrogen) atoms. The smallest absolute Gasteiger partial charge is 0.254 e. The number of benzene rings is 2. The van der Waals surface area contributed by atoms with Crippen LogP contribution in [0.2, 0.25) is 0 Å². The second-order valence-corrected chi connectivity index (χ2v) is 7.00. The van der Waals surface area contributed by atoms with E-state index in [1.165, 1.54) is 5.56 Å². The Morgan fingerprint density at radius 3 is 2.75 bits per heavy atom. The van der Waals surface area contributed by atoms with E-state index in [4.69, 9.17) is 4.42 Å². The van der Waals surface area contributed by atoms with Crippen molar-refractivity contribution in [2.24, 2.45) is 0 Å². The number of carbonyl (C=O) groups is 1. The van der Waals surface area contributed by atoms with Gasteiger partial charge in [0.05, 0.1) is 23.6 Å². The van der Waals surface area contributed by atoms with Gasteiger partial charge in [-0.3, -0.25) is 4.79 Å². The van der Waals surface area contributed by atoms with E-state index in [0.29, 0.717) is 18.7 Å². The molecule has 4 rings (SSSR count). The zero-order chi connectivity index (χ0) is 19.3. The zero-order valence-electron chi connectivity index (χ0n) is 15.9. The Morgan fingerprint density at radius 1 is 1.11 bits per heavy atom. The monoisotopic (exact) mass is 373 g/mol. The highest BCUT2D eigenvalue weighted by molar-refractivity contribution is 5.97. The van der Waals surface area contributed by atoms with E-state index in [1.54, 1.807) is 12.5 Å². The summed E-state index contributed by atoms with van der Waals surface area (Å²) in [5.74, 6) is 0.862. The predicted molar refractivity (Wildman–Crippen MR) is 109 cm³/mol. The number of carbonyl (C=O) groups excluding carboxylic acids is 1. The zero-order valence-corrected chi connectivity index (χ0v) is 15.9. The van der Waals surface area contributed by atoms with Crippen LogP contribution in [0.15, 0.2) is 71.5 Å². The lowest BCUT2D eigenvalue weighted by Crippen LogP contribution is -2.31. The Morgan fingerprint density at radius 2 is 1.96 bits per heavy atom. The molecule has 0 unspecified atom stereocenters. The summed E-state index contributed by atoms with van der Waals surface area (Å²) in [4.78, 5) is 22.7. The first kappa shape index (κ1) is 18.0. The Balaban J connectivity index is 1.51. The summed E-state index contributed by atoms with van der Waals surface area (Å²) in [7, 11) is 0. The van der Waals surface area contributed by atoms with Crippen molar-refractivity contribution in [3.05, 3.63) is 89.6 Å². The number of aryl methyl sites for hydroxylation is 2. The van der Waals surface area contributed by atoms with Crippen LogP contribution < -0.4 is 0 Å². The molecule has 0 saturated heterocycles. The molecule has 0 saturated carbocycles. The lowest BCUT2D eigenvalue weighted by molar-refractivity contribution is 0.0741. The molecular weight excluding hydrogens is 350 g/mol. The van der Waals surface area contributed by atoms with E-state index in [1.807, 2.05) is 54.3 Å². The summed E-state index contributed by atoms with van der Waals surface area (Å²) in [6.45, 7) is 3.12. The highest BCUT2D eigenvalue weighted by Crippen LogP contribution is 2.17. The van der Waals surface area contributed by atoms with Crippen LogP contribution in [0.1, 0.15) is 33.7 Å². The third kappa shape index (κ3) is 4.14. The van der Waals surface area contributed by atoms with Gasteiger partial charge in [0.1, 0.15) is 5.82 Å². The van der Waals surface area contributed by atoms with Crippen LogP contribution in [0.3, 0.4) is 0 Å². The van der Waals surface area contributed by atoms with Crippen LogP contribution >= 0.6 is 0 Å². The normalized spacial score (nSPS) is 11.0. The van der Waals surface area contributed by atoms with Gasteiger partial charge in [0.2, 0.25) is 0 Å². The minimum absolute atomic E-state index is 0.0171. The summed E-state index contributed by atoms with van der Waals surface area (Å²) >= 11 is 0. The molecule has 0 aliphatic heterocycles. The van der Waals surface area contributed by atoms with Gasteiger partial charge in [-0.25, -0.2) is 4.98 Å². The molecule has 142 valence electrons. The molecule has 2 aromatic carbocycles. The third-order valence-electron chi connectivity index (χ3n) is 4.82. The summed E-state index contributed by atoms with van der Waals surface area (Å²) in [6.07, 6.45) is 5.17. The van der Waals surface area contributed by atoms with Crippen molar-refractivity contribution in [2.45, 2.75) is 26.3 Å². The molecule has 5 nitrogen and oxygen atoms in total. The SMILES string of the molecule is Cc1nc2ccc(C(=O)N(CCCc3ccccc3)Cc3ccoc3)cc2[nH]1. The molecule has 0 bridgehead atoms. The maximum atomic E-state index is 13.2. The van der Waals surface area contributed by atoms with Crippen LogP contribution in [0.4, 0.5) is 0 Å². The molecule has 2 aromatic heterocycles. The molecule has 1 amide bonds. The fourth-order valence-corrected chi connectivity index (χ4v) is 3.43. The van der Waals surface area contributed by atoms with Gasteiger partial charge in [-0.2, -0.15) is 0 Å². The van der Waals surface area contributed by atoms with Gasteiger partial charge < -0.3 is 14.3 Å². The number of hydrogen-bond acceptors (Lipinski definition) is 3. The van der Waals surface area contributed by atoms with Crippen molar-refractivity contribution in [1.29, 1.82) is 0 Å². The number of furan rings is 1. The average Bonchev–Trinajstić information content (AvgIpc) is 3.35. The van der Waals surface area contributed by atoms with Crippen molar-refractivity contribution in [1.82, 2.24) is 14.9 Å². The number of rotatable bonds is 7. The van der Waals surface area contributed by atoms with Crippen LogP contribution in [-0.4, -0.2) is 27.3 Å². The molecule has 0 atom stereocenters. The van der Waals surface area contributed by atoms with E-state index in [0.717, 1.165) is 35.3 Å². The molecule has 4 aromatic rings. The quantitative estimate of drug-likeness (QED) is 0.509. The van der Waals surface area contributed by atoms with E-state index in [9.17, 15) is 4.79 Å². The van der Waals surface area contributed by atoms with Crippen molar-refractivity contribution in [3.8, 4) is 0 Å². The van der Waals surface area contributed by atoms with Crippen molar-refractivity contribution >= 4 is 16.9 Å². The van der Waals surface area contributed by atoms with Gasteiger partial charge in [0.15, 0.2) is 0 Å². The van der Waals surface area contributed by atoms with Crippen LogP contribution in [-0.2, 0) is 13.0 Å². The Kier molecular flexibility index (Phi) is 5.24. The molecule has 0 radical (unpaired) electrons. The molecule has 0 spiro atoms. The van der Waals surface area contributed by atoms with Crippen molar-refractivity contribution < 1.29 is 9.21 Å². The summed E-state index contributed by atoms with van der Waals surface area (Å²) in [6, 6.07) is 17.9. The maximum Gasteiger partial charge on any atom is 0.254 e. The molecule has 0 aliphatic carbocycles. The van der Waals surface area contributed by atoms with Crippen LogP contribution in [0, 0.1) is 6.92 Å². The Bertz CT molecular complexity index is 1050. The number of fused-ring (bicyclic) bond motifs is 1.